The van der Waals surface area contributed by atoms with E-state index in [1.807, 2.05) is 0 Å². The van der Waals surface area contributed by atoms with Crippen molar-refractivity contribution in [1.82, 2.24) is 10.6 Å². The molecule has 0 radical (unpaired) electrons. The zero-order valence-electron chi connectivity index (χ0n) is 10.0. The van der Waals surface area contributed by atoms with E-state index in [-0.39, 0.29) is 5.91 Å². The molecule has 1 heterocycles. The van der Waals surface area contributed by atoms with Gasteiger partial charge in [0.25, 0.3) is 0 Å². The molecule has 1 atom stereocenters. The minimum absolute atomic E-state index is 0.211. The Kier molecular flexibility index (Phi) is 5.69. The van der Waals surface area contributed by atoms with Crippen molar-refractivity contribution in [2.75, 3.05) is 6.54 Å². The van der Waals surface area contributed by atoms with E-state index >= 15 is 0 Å². The fourth-order valence-electron chi connectivity index (χ4n) is 2.10. The summed E-state index contributed by atoms with van der Waals surface area (Å²) >= 11 is 0. The standard InChI is InChI=1S/C12H24N2O/c1-3-10(4-2)14-12(15)9-11-7-5-6-8-13-11/h10-11,13H,3-9H2,1-2H3,(H,14,15). The first-order valence-corrected chi connectivity index (χ1v) is 6.29. The van der Waals surface area contributed by atoms with Gasteiger partial charge < -0.3 is 10.6 Å². The van der Waals surface area contributed by atoms with E-state index in [9.17, 15) is 4.79 Å². The molecule has 0 aromatic carbocycles. The molecule has 1 unspecified atom stereocenters. The average molecular weight is 212 g/mol. The summed E-state index contributed by atoms with van der Waals surface area (Å²) in [5, 5.41) is 6.48. The van der Waals surface area contributed by atoms with Gasteiger partial charge in [-0.1, -0.05) is 20.3 Å². The molecule has 3 nitrogen and oxygen atoms in total. The molecule has 3 heteroatoms. The van der Waals surface area contributed by atoms with Crippen LogP contribution in [0.15, 0.2) is 0 Å². The number of nitrogens with one attached hydrogen (secondary N) is 2. The normalized spacial score (nSPS) is 21.7. The molecule has 1 saturated heterocycles. The van der Waals surface area contributed by atoms with Crippen LogP contribution in [0.5, 0.6) is 0 Å². The Morgan fingerprint density at radius 3 is 2.67 bits per heavy atom. The van der Waals surface area contributed by atoms with Crippen molar-refractivity contribution >= 4 is 5.91 Å². The largest absolute Gasteiger partial charge is 0.353 e. The molecule has 1 rings (SSSR count). The lowest BCUT2D eigenvalue weighted by molar-refractivity contribution is -0.122. The van der Waals surface area contributed by atoms with Gasteiger partial charge in [0.2, 0.25) is 5.91 Å². The van der Waals surface area contributed by atoms with Crippen LogP contribution in [0.3, 0.4) is 0 Å². The maximum atomic E-state index is 11.7. The topological polar surface area (TPSA) is 41.1 Å². The highest BCUT2D eigenvalue weighted by Crippen LogP contribution is 2.10. The third kappa shape index (κ3) is 4.65. The maximum Gasteiger partial charge on any atom is 0.221 e. The van der Waals surface area contributed by atoms with Crippen LogP contribution in [-0.2, 0) is 4.79 Å². The number of amides is 1. The average Bonchev–Trinajstić information content (AvgIpc) is 2.27. The van der Waals surface area contributed by atoms with Crippen molar-refractivity contribution < 1.29 is 4.79 Å². The SMILES string of the molecule is CCC(CC)NC(=O)CC1CCCCN1. The van der Waals surface area contributed by atoms with Crippen LogP contribution in [0.1, 0.15) is 52.4 Å². The molecule has 15 heavy (non-hydrogen) atoms. The lowest BCUT2D eigenvalue weighted by Crippen LogP contribution is -2.41. The van der Waals surface area contributed by atoms with Crippen molar-refractivity contribution in [3.63, 3.8) is 0 Å². The zero-order chi connectivity index (χ0) is 11.1. The molecule has 2 N–H and O–H groups in total. The molecule has 1 aliphatic heterocycles. The first-order chi connectivity index (χ1) is 7.26. The predicted octanol–water partition coefficient (Wildman–Crippen LogP) is 1.82. The molecular formula is C12H24N2O. The Labute approximate surface area is 93.0 Å². The van der Waals surface area contributed by atoms with Crippen LogP contribution in [0.4, 0.5) is 0 Å². The van der Waals surface area contributed by atoms with E-state index in [4.69, 9.17) is 0 Å². The van der Waals surface area contributed by atoms with Gasteiger partial charge in [-0.05, 0) is 32.2 Å². The van der Waals surface area contributed by atoms with Crippen LogP contribution in [0.2, 0.25) is 0 Å². The van der Waals surface area contributed by atoms with E-state index in [2.05, 4.69) is 24.5 Å². The molecule has 0 saturated carbocycles. The van der Waals surface area contributed by atoms with Crippen molar-refractivity contribution in [2.45, 2.75) is 64.5 Å². The summed E-state index contributed by atoms with van der Waals surface area (Å²) in [5.41, 5.74) is 0. The zero-order valence-corrected chi connectivity index (χ0v) is 10.0. The van der Waals surface area contributed by atoms with E-state index in [1.165, 1.54) is 12.8 Å². The molecular weight excluding hydrogens is 188 g/mol. The van der Waals surface area contributed by atoms with Gasteiger partial charge in [0.05, 0.1) is 0 Å². The van der Waals surface area contributed by atoms with Gasteiger partial charge in [0.1, 0.15) is 0 Å². The Morgan fingerprint density at radius 1 is 1.40 bits per heavy atom. The molecule has 0 aliphatic carbocycles. The van der Waals surface area contributed by atoms with Gasteiger partial charge in [-0.3, -0.25) is 4.79 Å². The van der Waals surface area contributed by atoms with Crippen LogP contribution < -0.4 is 10.6 Å². The maximum absolute atomic E-state index is 11.7. The Morgan fingerprint density at radius 2 is 2.13 bits per heavy atom. The molecule has 0 spiro atoms. The van der Waals surface area contributed by atoms with Gasteiger partial charge in [-0.2, -0.15) is 0 Å². The first-order valence-electron chi connectivity index (χ1n) is 6.29. The number of piperidine rings is 1. The lowest BCUT2D eigenvalue weighted by atomic mass is 10.0. The van der Waals surface area contributed by atoms with Crippen molar-refractivity contribution in [3.8, 4) is 0 Å². The second kappa shape index (κ2) is 6.83. The minimum atomic E-state index is 0.211. The van der Waals surface area contributed by atoms with Gasteiger partial charge in [0, 0.05) is 18.5 Å². The summed E-state index contributed by atoms with van der Waals surface area (Å²) in [5.74, 6) is 0.211. The third-order valence-electron chi connectivity index (χ3n) is 3.19. The van der Waals surface area contributed by atoms with Crippen molar-refractivity contribution in [3.05, 3.63) is 0 Å². The van der Waals surface area contributed by atoms with Crippen molar-refractivity contribution in [2.24, 2.45) is 0 Å². The third-order valence-corrected chi connectivity index (χ3v) is 3.19. The summed E-state index contributed by atoms with van der Waals surface area (Å²) in [6.45, 7) is 5.31. The molecule has 1 amide bonds. The predicted molar refractivity (Wildman–Crippen MR) is 62.8 cm³/mol. The summed E-state index contributed by atoms with van der Waals surface area (Å²) in [7, 11) is 0. The second-order valence-electron chi connectivity index (χ2n) is 4.43. The fourth-order valence-corrected chi connectivity index (χ4v) is 2.10. The van der Waals surface area contributed by atoms with Crippen LogP contribution >= 0.6 is 0 Å². The highest BCUT2D eigenvalue weighted by Gasteiger charge is 2.17. The molecule has 0 bridgehead atoms. The minimum Gasteiger partial charge on any atom is -0.353 e. The van der Waals surface area contributed by atoms with Gasteiger partial charge in [-0.15, -0.1) is 0 Å². The van der Waals surface area contributed by atoms with Gasteiger partial charge in [-0.25, -0.2) is 0 Å². The molecule has 1 aliphatic rings. The number of hydrogen-bond donors (Lipinski definition) is 2. The summed E-state index contributed by atoms with van der Waals surface area (Å²) < 4.78 is 0. The number of carbonyl (C=O) groups is 1. The van der Waals surface area contributed by atoms with E-state index < -0.39 is 0 Å². The summed E-state index contributed by atoms with van der Waals surface area (Å²) in [4.78, 5) is 11.7. The number of hydrogen-bond acceptors (Lipinski definition) is 2. The first kappa shape index (κ1) is 12.5. The van der Waals surface area contributed by atoms with Crippen LogP contribution in [0, 0.1) is 0 Å². The molecule has 0 aromatic rings. The molecule has 0 aromatic heterocycles. The second-order valence-corrected chi connectivity index (χ2v) is 4.43. The fraction of sp³-hybridized carbons (Fsp3) is 0.917. The lowest BCUT2D eigenvalue weighted by Gasteiger charge is -2.24. The monoisotopic (exact) mass is 212 g/mol. The van der Waals surface area contributed by atoms with Crippen LogP contribution in [-0.4, -0.2) is 24.5 Å². The molecule has 1 fully saturated rings. The van der Waals surface area contributed by atoms with Gasteiger partial charge in [0.15, 0.2) is 0 Å². The van der Waals surface area contributed by atoms with E-state index in [0.29, 0.717) is 18.5 Å². The number of carbonyl (C=O) groups excluding carboxylic acids is 1. The Bertz CT molecular complexity index is 184. The summed E-state index contributed by atoms with van der Waals surface area (Å²) in [6, 6.07) is 0.772. The van der Waals surface area contributed by atoms with E-state index in [0.717, 1.165) is 25.8 Å². The number of rotatable bonds is 5. The highest BCUT2D eigenvalue weighted by atomic mass is 16.1. The van der Waals surface area contributed by atoms with E-state index in [1.54, 1.807) is 0 Å². The van der Waals surface area contributed by atoms with Gasteiger partial charge >= 0.3 is 0 Å². The summed E-state index contributed by atoms with van der Waals surface area (Å²) in [6.07, 6.45) is 6.37. The Hall–Kier alpha value is -0.570. The smallest absolute Gasteiger partial charge is 0.221 e. The highest BCUT2D eigenvalue weighted by molar-refractivity contribution is 5.76. The molecule has 88 valence electrons. The Balaban J connectivity index is 2.21. The van der Waals surface area contributed by atoms with Crippen LogP contribution in [0.25, 0.3) is 0 Å². The quantitative estimate of drug-likeness (QED) is 0.730. The van der Waals surface area contributed by atoms with Crippen molar-refractivity contribution in [1.29, 1.82) is 0 Å².